The third-order valence-corrected chi connectivity index (χ3v) is 5.04. The maximum absolute atomic E-state index is 12.0. The van der Waals surface area contributed by atoms with Crippen molar-refractivity contribution in [2.24, 2.45) is 5.92 Å². The zero-order valence-corrected chi connectivity index (χ0v) is 12.1. The summed E-state index contributed by atoms with van der Waals surface area (Å²) >= 11 is 0. The molecule has 1 spiro atoms. The molecule has 2 aliphatic rings. The number of aromatic amines is 1. The van der Waals surface area contributed by atoms with E-state index < -0.39 is 0 Å². The number of benzene rings is 1. The zero-order chi connectivity index (χ0) is 15.2. The second-order valence-electron chi connectivity index (χ2n) is 6.22. The fourth-order valence-electron chi connectivity index (χ4n) is 3.77. The summed E-state index contributed by atoms with van der Waals surface area (Å²) in [5.41, 5.74) is 3.15. The van der Waals surface area contributed by atoms with Gasteiger partial charge < -0.3 is 10.3 Å². The molecule has 5 heteroatoms. The van der Waals surface area contributed by atoms with Crippen LogP contribution in [-0.4, -0.2) is 22.4 Å². The molecule has 2 aliphatic carbocycles. The molecule has 1 aromatic carbocycles. The molecule has 2 atom stereocenters. The highest BCUT2D eigenvalue weighted by molar-refractivity contribution is 5.91. The summed E-state index contributed by atoms with van der Waals surface area (Å²) in [5.74, 6) is 0.271. The summed E-state index contributed by atoms with van der Waals surface area (Å²) < 4.78 is 0. The topological polar surface area (TPSA) is 74.8 Å². The first kappa shape index (κ1) is 13.2. The van der Waals surface area contributed by atoms with Crippen LogP contribution in [0.3, 0.4) is 0 Å². The molecule has 5 nitrogen and oxygen atoms in total. The molecular weight excluding hydrogens is 278 g/mol. The van der Waals surface area contributed by atoms with E-state index in [4.69, 9.17) is 0 Å². The fraction of sp³-hybridized carbons (Fsp3) is 0.353. The van der Waals surface area contributed by atoms with Crippen LogP contribution in [0.4, 0.5) is 0 Å². The van der Waals surface area contributed by atoms with E-state index >= 15 is 0 Å². The number of hydrogen-bond donors (Lipinski definition) is 2. The minimum atomic E-state index is -0.305. The molecule has 0 aliphatic heterocycles. The molecule has 1 aromatic heterocycles. The van der Waals surface area contributed by atoms with Gasteiger partial charge in [0.1, 0.15) is 5.69 Å². The van der Waals surface area contributed by atoms with Crippen molar-refractivity contribution in [2.75, 3.05) is 6.54 Å². The van der Waals surface area contributed by atoms with Crippen LogP contribution in [0.25, 0.3) is 0 Å². The average Bonchev–Trinajstić information content (AvgIpc) is 3.13. The van der Waals surface area contributed by atoms with E-state index in [1.54, 1.807) is 0 Å². The molecule has 22 heavy (non-hydrogen) atoms. The Kier molecular flexibility index (Phi) is 2.89. The summed E-state index contributed by atoms with van der Waals surface area (Å²) in [5, 5.41) is 2.94. The van der Waals surface area contributed by atoms with Gasteiger partial charge in [-0.3, -0.25) is 9.59 Å². The van der Waals surface area contributed by atoms with Crippen molar-refractivity contribution in [1.29, 1.82) is 0 Å². The van der Waals surface area contributed by atoms with Crippen molar-refractivity contribution in [3.05, 3.63) is 63.8 Å². The second kappa shape index (κ2) is 4.80. The quantitative estimate of drug-likeness (QED) is 0.899. The van der Waals surface area contributed by atoms with Gasteiger partial charge in [-0.15, -0.1) is 0 Å². The number of nitrogens with one attached hydrogen (secondary N) is 2. The van der Waals surface area contributed by atoms with E-state index in [1.807, 2.05) is 0 Å². The number of nitrogens with zero attached hydrogens (tertiary/aromatic N) is 1. The zero-order valence-electron chi connectivity index (χ0n) is 12.1. The van der Waals surface area contributed by atoms with Crippen molar-refractivity contribution < 1.29 is 4.79 Å². The highest BCUT2D eigenvalue weighted by atomic mass is 16.2. The van der Waals surface area contributed by atoms with Crippen LogP contribution in [0.1, 0.15) is 34.5 Å². The molecule has 1 saturated carbocycles. The second-order valence-corrected chi connectivity index (χ2v) is 6.22. The molecule has 112 valence electrons. The highest BCUT2D eigenvalue weighted by Crippen LogP contribution is 2.61. The third kappa shape index (κ3) is 2.04. The molecule has 1 fully saturated rings. The SMILES string of the molecule is O=C(NC[C@@H]1C[C@@]12CCc1ccccc12)c1c[nH]c(=O)cn1. The summed E-state index contributed by atoms with van der Waals surface area (Å²) in [4.78, 5) is 29.3. The number of H-pyrrole nitrogens is 1. The molecule has 1 heterocycles. The van der Waals surface area contributed by atoms with Crippen molar-refractivity contribution >= 4 is 5.91 Å². The number of carbonyl (C=O) groups is 1. The highest BCUT2D eigenvalue weighted by Gasteiger charge is 2.57. The lowest BCUT2D eigenvalue weighted by Crippen LogP contribution is -2.29. The van der Waals surface area contributed by atoms with Crippen molar-refractivity contribution in [2.45, 2.75) is 24.7 Å². The molecule has 1 amide bonds. The normalized spacial score (nSPS) is 25.0. The largest absolute Gasteiger partial charge is 0.350 e. The van der Waals surface area contributed by atoms with E-state index in [0.717, 1.165) is 19.0 Å². The van der Waals surface area contributed by atoms with Crippen LogP contribution in [-0.2, 0) is 11.8 Å². The fourth-order valence-corrected chi connectivity index (χ4v) is 3.77. The van der Waals surface area contributed by atoms with Gasteiger partial charge in [0, 0.05) is 18.2 Å². The summed E-state index contributed by atoms with van der Waals surface area (Å²) in [6.07, 6.45) is 5.95. The van der Waals surface area contributed by atoms with Gasteiger partial charge in [0.15, 0.2) is 0 Å². The summed E-state index contributed by atoms with van der Waals surface area (Å²) in [6.45, 7) is 0.661. The van der Waals surface area contributed by atoms with E-state index in [0.29, 0.717) is 12.5 Å². The van der Waals surface area contributed by atoms with Gasteiger partial charge in [-0.1, -0.05) is 24.3 Å². The molecule has 0 radical (unpaired) electrons. The first-order valence-electron chi connectivity index (χ1n) is 7.60. The van der Waals surface area contributed by atoms with Crippen LogP contribution < -0.4 is 10.9 Å². The lowest BCUT2D eigenvalue weighted by Gasteiger charge is -2.12. The van der Waals surface area contributed by atoms with E-state index in [-0.39, 0.29) is 22.6 Å². The molecule has 2 aromatic rings. The number of fused-ring (bicyclic) bond motifs is 2. The molecule has 2 N–H and O–H groups in total. The standard InChI is InChI=1S/C17H17N3O2/c21-15-10-18-14(9-19-15)16(22)20-8-12-7-17(12)6-5-11-3-1-2-4-13(11)17/h1-4,9-10,12H,5-8H2,(H,19,21)(H,20,22)/t12-,17-/m0/s1. The smallest absolute Gasteiger partial charge is 0.271 e. The van der Waals surface area contributed by atoms with Crippen LogP contribution in [0.2, 0.25) is 0 Å². The predicted octanol–water partition coefficient (Wildman–Crippen LogP) is 1.40. The monoisotopic (exact) mass is 295 g/mol. The van der Waals surface area contributed by atoms with E-state index in [9.17, 15) is 9.59 Å². The number of carbonyl (C=O) groups excluding carboxylic acids is 1. The van der Waals surface area contributed by atoms with Gasteiger partial charge in [-0.25, -0.2) is 4.98 Å². The van der Waals surface area contributed by atoms with E-state index in [1.165, 1.54) is 23.7 Å². The maximum Gasteiger partial charge on any atom is 0.271 e. The van der Waals surface area contributed by atoms with Crippen LogP contribution >= 0.6 is 0 Å². The third-order valence-electron chi connectivity index (χ3n) is 5.04. The minimum Gasteiger partial charge on any atom is -0.350 e. The Bertz CT molecular complexity index is 778. The summed E-state index contributed by atoms with van der Waals surface area (Å²) in [7, 11) is 0. The lowest BCUT2D eigenvalue weighted by molar-refractivity contribution is 0.0945. The van der Waals surface area contributed by atoms with Crippen molar-refractivity contribution in [3.8, 4) is 0 Å². The number of aryl methyl sites for hydroxylation is 1. The van der Waals surface area contributed by atoms with Gasteiger partial charge in [-0.2, -0.15) is 0 Å². The van der Waals surface area contributed by atoms with Gasteiger partial charge in [0.25, 0.3) is 11.5 Å². The minimum absolute atomic E-state index is 0.232. The average molecular weight is 295 g/mol. The van der Waals surface area contributed by atoms with Crippen LogP contribution in [0.5, 0.6) is 0 Å². The molecule has 4 rings (SSSR count). The number of amides is 1. The maximum atomic E-state index is 12.0. The van der Waals surface area contributed by atoms with Crippen molar-refractivity contribution in [1.82, 2.24) is 15.3 Å². The Labute approximate surface area is 127 Å². The number of rotatable bonds is 3. The Morgan fingerprint density at radius 3 is 3.09 bits per heavy atom. The molecule has 0 unspecified atom stereocenters. The van der Waals surface area contributed by atoms with Gasteiger partial charge >= 0.3 is 0 Å². The molecule has 0 saturated heterocycles. The van der Waals surface area contributed by atoms with Crippen LogP contribution in [0, 0.1) is 5.92 Å². The first-order chi connectivity index (χ1) is 10.7. The summed E-state index contributed by atoms with van der Waals surface area (Å²) in [6, 6.07) is 8.64. The number of hydrogen-bond acceptors (Lipinski definition) is 3. The Morgan fingerprint density at radius 1 is 1.41 bits per heavy atom. The first-order valence-corrected chi connectivity index (χ1v) is 7.60. The molecule has 0 bridgehead atoms. The Hall–Kier alpha value is -2.43. The predicted molar refractivity (Wildman–Crippen MR) is 81.7 cm³/mol. The number of aromatic nitrogens is 2. The van der Waals surface area contributed by atoms with Gasteiger partial charge in [0.2, 0.25) is 0 Å². The van der Waals surface area contributed by atoms with E-state index in [2.05, 4.69) is 39.6 Å². The van der Waals surface area contributed by atoms with Gasteiger partial charge in [0.05, 0.1) is 6.20 Å². The van der Waals surface area contributed by atoms with Gasteiger partial charge in [-0.05, 0) is 36.3 Å². The molecular formula is C17H17N3O2. The lowest BCUT2D eigenvalue weighted by atomic mass is 9.95. The van der Waals surface area contributed by atoms with Crippen molar-refractivity contribution in [3.63, 3.8) is 0 Å². The Balaban J connectivity index is 1.42. The Morgan fingerprint density at radius 2 is 2.27 bits per heavy atom. The van der Waals surface area contributed by atoms with Crippen LogP contribution in [0.15, 0.2) is 41.5 Å².